The molecule has 0 fully saturated rings. The van der Waals surface area contributed by atoms with Crippen molar-refractivity contribution >= 4 is 5.91 Å². The topological polar surface area (TPSA) is 41.6 Å². The molecule has 1 N–H and O–H groups in total. The van der Waals surface area contributed by atoms with Gasteiger partial charge < -0.3 is 10.1 Å². The Bertz CT molecular complexity index is 437. The number of amides is 1. The molecule has 0 saturated heterocycles. The number of ether oxygens (including phenoxy) is 1. The quantitative estimate of drug-likeness (QED) is 0.855. The largest absolute Gasteiger partial charge is 0.494 e. The summed E-state index contributed by atoms with van der Waals surface area (Å²) in [5.74, 6) is -0.193. The Morgan fingerprint density at radius 2 is 2.21 bits per heavy atom. The van der Waals surface area contributed by atoms with Crippen molar-refractivity contribution in [3.8, 4) is 5.75 Å². The summed E-state index contributed by atoms with van der Waals surface area (Å²) >= 11 is 0. The average molecular weight is 268 g/mol. The summed E-state index contributed by atoms with van der Waals surface area (Å²) in [6.45, 7) is 4.81. The fraction of sp³-hybridized carbons (Fsp3) is 0.500. The van der Waals surface area contributed by atoms with Gasteiger partial charge in [-0.3, -0.25) is 9.69 Å². The Morgan fingerprint density at radius 1 is 1.53 bits per heavy atom. The van der Waals surface area contributed by atoms with Crippen molar-refractivity contribution in [1.82, 2.24) is 10.2 Å². The normalized spacial score (nSPS) is 12.3. The highest BCUT2D eigenvalue weighted by molar-refractivity contribution is 5.81. The number of rotatable bonds is 6. The molecule has 0 saturated carbocycles. The lowest BCUT2D eigenvalue weighted by Crippen LogP contribution is -2.42. The van der Waals surface area contributed by atoms with E-state index in [0.29, 0.717) is 13.1 Å². The highest BCUT2D eigenvalue weighted by atomic mass is 19.1. The van der Waals surface area contributed by atoms with Crippen LogP contribution in [0.3, 0.4) is 0 Å². The van der Waals surface area contributed by atoms with Crippen LogP contribution in [0.2, 0.25) is 0 Å². The van der Waals surface area contributed by atoms with E-state index in [4.69, 9.17) is 4.74 Å². The van der Waals surface area contributed by atoms with Crippen LogP contribution in [-0.2, 0) is 11.3 Å². The maximum absolute atomic E-state index is 13.6. The van der Waals surface area contributed by atoms with E-state index >= 15 is 0 Å². The summed E-state index contributed by atoms with van der Waals surface area (Å²) in [6, 6.07) is 4.56. The summed E-state index contributed by atoms with van der Waals surface area (Å²) < 4.78 is 18.4. The third-order valence-corrected chi connectivity index (χ3v) is 3.04. The molecule has 106 valence electrons. The van der Waals surface area contributed by atoms with Crippen LogP contribution in [0, 0.1) is 5.82 Å². The van der Waals surface area contributed by atoms with Crippen molar-refractivity contribution in [2.24, 2.45) is 0 Å². The van der Waals surface area contributed by atoms with E-state index in [-0.39, 0.29) is 23.5 Å². The molecule has 0 radical (unpaired) electrons. The first-order valence-corrected chi connectivity index (χ1v) is 6.30. The second-order valence-corrected chi connectivity index (χ2v) is 4.45. The molecule has 0 bridgehead atoms. The Balaban J connectivity index is 2.68. The van der Waals surface area contributed by atoms with E-state index in [0.717, 1.165) is 5.56 Å². The first kappa shape index (κ1) is 15.4. The number of hydrogen-bond donors (Lipinski definition) is 1. The molecule has 0 heterocycles. The number of nitrogens with one attached hydrogen (secondary N) is 1. The smallest absolute Gasteiger partial charge is 0.237 e. The van der Waals surface area contributed by atoms with Gasteiger partial charge in [-0.15, -0.1) is 0 Å². The molecular formula is C14H21FN2O2. The number of benzene rings is 1. The molecule has 1 amide bonds. The maximum atomic E-state index is 13.6. The molecule has 5 heteroatoms. The molecule has 0 unspecified atom stereocenters. The molecule has 1 aromatic rings. The van der Waals surface area contributed by atoms with E-state index in [9.17, 15) is 9.18 Å². The Kier molecular flexibility index (Phi) is 5.76. The summed E-state index contributed by atoms with van der Waals surface area (Å²) in [4.78, 5) is 13.6. The molecule has 1 atom stereocenters. The summed E-state index contributed by atoms with van der Waals surface area (Å²) in [7, 11) is 3.27. The number of carbonyl (C=O) groups excluding carboxylic acids is 1. The molecular weight excluding hydrogens is 247 g/mol. The molecule has 0 aliphatic rings. The van der Waals surface area contributed by atoms with Crippen LogP contribution in [0.5, 0.6) is 5.75 Å². The van der Waals surface area contributed by atoms with Crippen molar-refractivity contribution < 1.29 is 13.9 Å². The Labute approximate surface area is 113 Å². The van der Waals surface area contributed by atoms with Gasteiger partial charge in [0.2, 0.25) is 5.91 Å². The lowest BCUT2D eigenvalue weighted by Gasteiger charge is -2.23. The average Bonchev–Trinajstić information content (AvgIpc) is 2.38. The van der Waals surface area contributed by atoms with Gasteiger partial charge in [-0.1, -0.05) is 6.07 Å². The van der Waals surface area contributed by atoms with Crippen LogP contribution in [-0.4, -0.2) is 37.6 Å². The third-order valence-electron chi connectivity index (χ3n) is 3.04. The molecule has 1 aromatic carbocycles. The minimum atomic E-state index is -0.390. The van der Waals surface area contributed by atoms with Gasteiger partial charge in [0.05, 0.1) is 13.2 Å². The van der Waals surface area contributed by atoms with E-state index < -0.39 is 0 Å². The van der Waals surface area contributed by atoms with Gasteiger partial charge >= 0.3 is 0 Å². The van der Waals surface area contributed by atoms with Gasteiger partial charge in [-0.25, -0.2) is 4.39 Å². The van der Waals surface area contributed by atoms with Crippen LogP contribution >= 0.6 is 0 Å². The van der Waals surface area contributed by atoms with E-state index in [1.165, 1.54) is 13.2 Å². The highest BCUT2D eigenvalue weighted by Crippen LogP contribution is 2.18. The van der Waals surface area contributed by atoms with Gasteiger partial charge in [-0.2, -0.15) is 0 Å². The number of nitrogens with zero attached hydrogens (tertiary/aromatic N) is 1. The van der Waals surface area contributed by atoms with Crippen molar-refractivity contribution in [1.29, 1.82) is 0 Å². The van der Waals surface area contributed by atoms with Crippen LogP contribution < -0.4 is 10.1 Å². The van der Waals surface area contributed by atoms with E-state index in [2.05, 4.69) is 5.32 Å². The third kappa shape index (κ3) is 4.21. The fourth-order valence-electron chi connectivity index (χ4n) is 1.76. The summed E-state index contributed by atoms with van der Waals surface area (Å²) in [5, 5.41) is 2.77. The molecule has 1 rings (SSSR count). The first-order valence-electron chi connectivity index (χ1n) is 6.30. The van der Waals surface area contributed by atoms with Crippen molar-refractivity contribution in [2.45, 2.75) is 26.4 Å². The second kappa shape index (κ2) is 7.09. The van der Waals surface area contributed by atoms with Gasteiger partial charge in [0.1, 0.15) is 0 Å². The number of halogens is 1. The van der Waals surface area contributed by atoms with Crippen molar-refractivity contribution in [2.75, 3.05) is 20.7 Å². The molecule has 4 nitrogen and oxygen atoms in total. The lowest BCUT2D eigenvalue weighted by molar-refractivity contribution is -0.125. The second-order valence-electron chi connectivity index (χ2n) is 4.45. The lowest BCUT2D eigenvalue weighted by atomic mass is 10.1. The van der Waals surface area contributed by atoms with E-state index in [1.54, 1.807) is 12.1 Å². The highest BCUT2D eigenvalue weighted by Gasteiger charge is 2.17. The number of methoxy groups -OCH3 is 1. The monoisotopic (exact) mass is 268 g/mol. The molecule has 19 heavy (non-hydrogen) atoms. The number of hydrogen-bond acceptors (Lipinski definition) is 3. The summed E-state index contributed by atoms with van der Waals surface area (Å²) in [6.07, 6.45) is 0. The minimum absolute atomic E-state index is 0.0287. The Morgan fingerprint density at radius 3 is 2.74 bits per heavy atom. The summed E-state index contributed by atoms with van der Waals surface area (Å²) in [5.41, 5.74) is 0.803. The first-order chi connectivity index (χ1) is 8.99. The van der Waals surface area contributed by atoms with Crippen LogP contribution in [0.1, 0.15) is 19.4 Å². The van der Waals surface area contributed by atoms with Gasteiger partial charge in [0.15, 0.2) is 11.6 Å². The molecule has 0 aromatic heterocycles. The fourth-order valence-corrected chi connectivity index (χ4v) is 1.76. The number of carbonyl (C=O) groups is 1. The predicted molar refractivity (Wildman–Crippen MR) is 72.6 cm³/mol. The standard InChI is InChI=1S/C14H21FN2O2/c1-5-16-14(18)10(2)17(3)9-11-6-7-13(19-4)12(15)8-11/h6-8,10H,5,9H2,1-4H3,(H,16,18)/t10-/m0/s1. The van der Waals surface area contributed by atoms with Crippen molar-refractivity contribution in [3.05, 3.63) is 29.6 Å². The van der Waals surface area contributed by atoms with Gasteiger partial charge in [0.25, 0.3) is 0 Å². The van der Waals surface area contributed by atoms with Gasteiger partial charge in [0, 0.05) is 13.1 Å². The predicted octanol–water partition coefficient (Wildman–Crippen LogP) is 1.79. The van der Waals surface area contributed by atoms with Gasteiger partial charge in [-0.05, 0) is 38.6 Å². The molecule has 0 aliphatic heterocycles. The van der Waals surface area contributed by atoms with Crippen LogP contribution in [0.25, 0.3) is 0 Å². The zero-order valence-electron chi connectivity index (χ0n) is 11.9. The maximum Gasteiger partial charge on any atom is 0.237 e. The van der Waals surface area contributed by atoms with Crippen LogP contribution in [0.15, 0.2) is 18.2 Å². The van der Waals surface area contributed by atoms with Crippen molar-refractivity contribution in [3.63, 3.8) is 0 Å². The zero-order chi connectivity index (χ0) is 14.4. The SMILES string of the molecule is CCNC(=O)[C@H](C)N(C)Cc1ccc(OC)c(F)c1. The minimum Gasteiger partial charge on any atom is -0.494 e. The molecule has 0 aliphatic carbocycles. The number of likely N-dealkylation sites (N-methyl/N-ethyl adjacent to an activating group) is 2. The Hall–Kier alpha value is -1.62. The zero-order valence-corrected chi connectivity index (χ0v) is 11.9. The van der Waals surface area contributed by atoms with Crippen LogP contribution in [0.4, 0.5) is 4.39 Å². The van der Waals surface area contributed by atoms with E-state index in [1.807, 2.05) is 25.8 Å². The molecule has 0 spiro atoms.